The van der Waals surface area contributed by atoms with E-state index in [1.165, 1.54) is 4.90 Å². The zero-order chi connectivity index (χ0) is 35.4. The van der Waals surface area contributed by atoms with Crippen LogP contribution in [0.1, 0.15) is 81.3 Å². The molecular weight excluding hydrogens is 646 g/mol. The zero-order valence-corrected chi connectivity index (χ0v) is 29.4. The summed E-state index contributed by atoms with van der Waals surface area (Å²) in [6, 6.07) is 22.0. The van der Waals surface area contributed by atoms with Crippen LogP contribution in [0.25, 0.3) is 11.1 Å². The smallest absolute Gasteiger partial charge is 0.410 e. The number of carbonyl (C=O) groups is 2. The summed E-state index contributed by atoms with van der Waals surface area (Å²) in [5.41, 5.74) is 2.48. The molecule has 3 aromatic rings. The Bertz CT molecular complexity index is 1620. The fourth-order valence-corrected chi connectivity index (χ4v) is 6.60. The van der Waals surface area contributed by atoms with Crippen molar-refractivity contribution in [2.24, 2.45) is 0 Å². The molecule has 4 rings (SSSR count). The summed E-state index contributed by atoms with van der Waals surface area (Å²) in [6.07, 6.45) is 3.85. The second-order valence-electron chi connectivity index (χ2n) is 13.3. The van der Waals surface area contributed by atoms with Crippen molar-refractivity contribution in [3.8, 4) is 16.9 Å². The first kappa shape index (κ1) is 37.7. The van der Waals surface area contributed by atoms with Crippen LogP contribution < -0.4 is 14.8 Å². The Labute approximate surface area is 289 Å². The predicted octanol–water partition coefficient (Wildman–Crippen LogP) is 5.89. The molecule has 266 valence electrons. The van der Waals surface area contributed by atoms with Crippen LogP contribution in [-0.4, -0.2) is 79.2 Å². The van der Waals surface area contributed by atoms with Crippen LogP contribution in [0, 0.1) is 0 Å². The zero-order valence-electron chi connectivity index (χ0n) is 28.6. The molecule has 0 bridgehead atoms. The Hall–Kier alpha value is -4.13. The maximum atomic E-state index is 13.1. The average Bonchev–Trinajstić information content (AvgIpc) is 3.07. The van der Waals surface area contributed by atoms with Crippen LogP contribution in [-0.2, 0) is 14.8 Å². The maximum absolute atomic E-state index is 13.1. The van der Waals surface area contributed by atoms with Crippen molar-refractivity contribution in [2.75, 3.05) is 37.4 Å². The van der Waals surface area contributed by atoms with Gasteiger partial charge in [-0.15, -0.1) is 0 Å². The van der Waals surface area contributed by atoms with Gasteiger partial charge in [-0.2, -0.15) is 0 Å². The summed E-state index contributed by atoms with van der Waals surface area (Å²) >= 11 is 0. The highest BCUT2D eigenvalue weighted by Gasteiger charge is 2.25. The first-order valence-electron chi connectivity index (χ1n) is 16.8. The number of benzene rings is 3. The minimum atomic E-state index is -3.90. The van der Waals surface area contributed by atoms with Gasteiger partial charge >= 0.3 is 6.09 Å². The summed E-state index contributed by atoms with van der Waals surface area (Å²) < 4.78 is 38.5. The summed E-state index contributed by atoms with van der Waals surface area (Å²) in [5, 5.41) is 23.3. The first-order valence-corrected chi connectivity index (χ1v) is 18.5. The Morgan fingerprint density at radius 1 is 0.959 bits per heavy atom. The minimum Gasteiger partial charge on any atom is -0.492 e. The highest BCUT2D eigenvalue weighted by Crippen LogP contribution is 2.30. The Morgan fingerprint density at radius 2 is 1.63 bits per heavy atom. The van der Waals surface area contributed by atoms with Gasteiger partial charge in [0, 0.05) is 18.3 Å². The van der Waals surface area contributed by atoms with Crippen molar-refractivity contribution in [1.82, 2.24) is 9.62 Å². The van der Waals surface area contributed by atoms with Gasteiger partial charge in [0.25, 0.3) is 5.91 Å². The molecule has 1 fully saturated rings. The summed E-state index contributed by atoms with van der Waals surface area (Å²) in [6.45, 7) is 5.48. The molecule has 0 heterocycles. The van der Waals surface area contributed by atoms with Gasteiger partial charge in [-0.3, -0.25) is 4.79 Å². The van der Waals surface area contributed by atoms with E-state index in [0.29, 0.717) is 17.0 Å². The third-order valence-electron chi connectivity index (χ3n) is 8.10. The number of carbonyl (C=O) groups excluding carboxylic acids is 2. The second kappa shape index (κ2) is 17.5. The lowest BCUT2D eigenvalue weighted by Gasteiger charge is -2.29. The average molecular weight is 696 g/mol. The third kappa shape index (κ3) is 12.1. The number of anilines is 1. The van der Waals surface area contributed by atoms with Crippen molar-refractivity contribution >= 4 is 27.7 Å². The lowest BCUT2D eigenvalue weighted by Crippen LogP contribution is -2.41. The topological polar surface area (TPSA) is 154 Å². The SMILES string of the molecule is CC(C)(C)OC(=O)N(CCOc1ccc(-c2ccc(C(=O)NS(=O)(=O)CCCO)c(NC3CCCCC3)c2)cc1)C[C@H](O)c1ccccc1. The number of aliphatic hydroxyl groups is 2. The molecule has 3 aromatic carbocycles. The molecule has 2 amide bonds. The number of hydrogen-bond acceptors (Lipinski definition) is 9. The van der Waals surface area contributed by atoms with Crippen molar-refractivity contribution < 1.29 is 37.7 Å². The predicted molar refractivity (Wildman–Crippen MR) is 190 cm³/mol. The number of nitrogens with one attached hydrogen (secondary N) is 2. The molecule has 0 spiro atoms. The molecule has 4 N–H and O–H groups in total. The molecule has 11 nitrogen and oxygen atoms in total. The van der Waals surface area contributed by atoms with Gasteiger partial charge in [-0.25, -0.2) is 17.9 Å². The molecule has 1 saturated carbocycles. The van der Waals surface area contributed by atoms with E-state index in [9.17, 15) is 23.1 Å². The summed E-state index contributed by atoms with van der Waals surface area (Å²) in [4.78, 5) is 27.5. The van der Waals surface area contributed by atoms with Crippen molar-refractivity contribution in [3.05, 3.63) is 83.9 Å². The van der Waals surface area contributed by atoms with Gasteiger partial charge in [-0.1, -0.05) is 67.8 Å². The van der Waals surface area contributed by atoms with Crippen LogP contribution in [0.2, 0.25) is 0 Å². The largest absolute Gasteiger partial charge is 0.492 e. The highest BCUT2D eigenvalue weighted by molar-refractivity contribution is 7.90. The number of nitrogens with zero attached hydrogens (tertiary/aromatic N) is 1. The fourth-order valence-electron chi connectivity index (χ4n) is 5.60. The van der Waals surface area contributed by atoms with Gasteiger partial charge in [0.1, 0.15) is 18.0 Å². The van der Waals surface area contributed by atoms with Crippen LogP contribution in [0.5, 0.6) is 5.75 Å². The summed E-state index contributed by atoms with van der Waals surface area (Å²) in [5.74, 6) is -0.480. The molecular formula is C37H49N3O8S. The standard InChI is InChI=1S/C37H49N3O8S/c1-37(2,3)48-36(44)40(26-34(42)28-11-6-4-7-12-28)21-23-47-31-18-15-27(16-19-31)29-17-20-32(35(43)39-49(45,46)24-10-22-41)33(25-29)38-30-13-8-5-9-14-30/h4,6-7,11-12,15-20,25,30,34,38,41-42H,5,8-10,13-14,21-24,26H2,1-3H3,(H,39,43)/t34-/m0/s1. The molecule has 1 aliphatic carbocycles. The van der Waals surface area contributed by atoms with Gasteiger partial charge in [-0.05, 0) is 81.0 Å². The van der Waals surface area contributed by atoms with Gasteiger partial charge in [0.2, 0.25) is 10.0 Å². The molecule has 1 atom stereocenters. The van der Waals surface area contributed by atoms with Crippen LogP contribution in [0.3, 0.4) is 0 Å². The number of ether oxygens (including phenoxy) is 2. The lowest BCUT2D eigenvalue weighted by atomic mass is 9.94. The molecule has 1 aliphatic rings. The highest BCUT2D eigenvalue weighted by atomic mass is 32.2. The Kier molecular flexibility index (Phi) is 13.5. The van der Waals surface area contributed by atoms with Crippen LogP contribution in [0.15, 0.2) is 72.8 Å². The van der Waals surface area contributed by atoms with Crippen LogP contribution >= 0.6 is 0 Å². The van der Waals surface area contributed by atoms with E-state index < -0.39 is 33.7 Å². The van der Waals surface area contributed by atoms with E-state index in [2.05, 4.69) is 10.0 Å². The number of hydrogen-bond donors (Lipinski definition) is 4. The fraction of sp³-hybridized carbons (Fsp3) is 0.459. The summed E-state index contributed by atoms with van der Waals surface area (Å²) in [7, 11) is -3.90. The van der Waals surface area contributed by atoms with Crippen molar-refractivity contribution in [3.63, 3.8) is 0 Å². The molecule has 49 heavy (non-hydrogen) atoms. The van der Waals surface area contributed by atoms with E-state index in [4.69, 9.17) is 14.6 Å². The molecule has 12 heteroatoms. The third-order valence-corrected chi connectivity index (χ3v) is 9.42. The Morgan fingerprint density at radius 3 is 2.29 bits per heavy atom. The van der Waals surface area contributed by atoms with E-state index >= 15 is 0 Å². The van der Waals surface area contributed by atoms with E-state index in [1.807, 2.05) is 48.5 Å². The Balaban J connectivity index is 1.45. The van der Waals surface area contributed by atoms with E-state index in [0.717, 1.165) is 43.2 Å². The van der Waals surface area contributed by atoms with E-state index in [-0.39, 0.29) is 50.1 Å². The van der Waals surface area contributed by atoms with Gasteiger partial charge in [0.15, 0.2) is 0 Å². The number of sulfonamides is 1. The molecule has 0 unspecified atom stereocenters. The number of amides is 2. The normalized spacial score (nSPS) is 14.5. The van der Waals surface area contributed by atoms with Crippen molar-refractivity contribution in [1.29, 1.82) is 0 Å². The number of aliphatic hydroxyl groups excluding tert-OH is 2. The monoisotopic (exact) mass is 695 g/mol. The minimum absolute atomic E-state index is 0.0355. The number of rotatable bonds is 15. The molecule has 0 aromatic heterocycles. The quantitative estimate of drug-likeness (QED) is 0.152. The first-order chi connectivity index (χ1) is 23.3. The molecule has 0 aliphatic heterocycles. The van der Waals surface area contributed by atoms with Crippen molar-refractivity contribution in [2.45, 2.75) is 77.0 Å². The molecule has 0 saturated heterocycles. The van der Waals surface area contributed by atoms with Gasteiger partial charge < -0.3 is 29.9 Å². The second-order valence-corrected chi connectivity index (χ2v) is 15.1. The van der Waals surface area contributed by atoms with Crippen LogP contribution in [0.4, 0.5) is 10.5 Å². The lowest BCUT2D eigenvalue weighted by molar-refractivity contribution is 0.0117. The van der Waals surface area contributed by atoms with E-state index in [1.54, 1.807) is 45.0 Å². The van der Waals surface area contributed by atoms with Gasteiger partial charge in [0.05, 0.1) is 30.5 Å². The molecule has 0 radical (unpaired) electrons. The maximum Gasteiger partial charge on any atom is 0.410 e.